The monoisotopic (exact) mass is 492 g/mol. The topological polar surface area (TPSA) is 82.2 Å². The summed E-state index contributed by atoms with van der Waals surface area (Å²) in [4.78, 5) is 42.8. The van der Waals surface area contributed by atoms with Crippen LogP contribution < -0.4 is 5.32 Å². The van der Waals surface area contributed by atoms with Gasteiger partial charge in [-0.05, 0) is 43.9 Å². The molecule has 0 unspecified atom stereocenters. The van der Waals surface area contributed by atoms with Crippen LogP contribution >= 0.6 is 0 Å². The molecule has 0 bridgehead atoms. The first-order valence-electron chi connectivity index (χ1n) is 12.9. The van der Waals surface area contributed by atoms with Gasteiger partial charge in [-0.1, -0.05) is 55.5 Å². The van der Waals surface area contributed by atoms with Gasteiger partial charge in [0.15, 0.2) is 0 Å². The van der Waals surface area contributed by atoms with Crippen molar-refractivity contribution in [2.24, 2.45) is 0 Å². The number of carbonyl (C=O) groups excluding carboxylic acids is 3. The molecule has 2 aromatic carbocycles. The predicted molar refractivity (Wildman–Crippen MR) is 140 cm³/mol. The van der Waals surface area contributed by atoms with Crippen LogP contribution in [-0.2, 0) is 14.3 Å². The molecule has 0 aromatic heterocycles. The Bertz CT molecular complexity index is 1040. The number of benzene rings is 2. The molecule has 2 aromatic rings. The van der Waals surface area contributed by atoms with Crippen LogP contribution in [0.1, 0.15) is 32.6 Å². The first-order valence-corrected chi connectivity index (χ1v) is 12.9. The number of hydrogen-bond donors (Lipinski definition) is 1. The fourth-order valence-corrected chi connectivity index (χ4v) is 4.87. The lowest BCUT2D eigenvalue weighted by molar-refractivity contribution is -0.150. The average Bonchev–Trinajstić information content (AvgIpc) is 2.89. The van der Waals surface area contributed by atoms with Crippen LogP contribution in [0.5, 0.6) is 0 Å². The molecule has 192 valence electrons. The third-order valence-electron chi connectivity index (χ3n) is 6.81. The molecule has 2 aliphatic rings. The molecule has 0 atom stereocenters. The summed E-state index contributed by atoms with van der Waals surface area (Å²) in [5.41, 5.74) is 2.72. The van der Waals surface area contributed by atoms with Crippen molar-refractivity contribution in [1.29, 1.82) is 0 Å². The summed E-state index contributed by atoms with van der Waals surface area (Å²) < 4.78 is 5.72. The van der Waals surface area contributed by atoms with Crippen LogP contribution in [0.25, 0.3) is 11.1 Å². The number of rotatable bonds is 9. The number of nitrogens with one attached hydrogen (secondary N) is 1. The summed E-state index contributed by atoms with van der Waals surface area (Å²) in [6.45, 7) is 6.20. The van der Waals surface area contributed by atoms with Crippen LogP contribution in [0, 0.1) is 0 Å². The van der Waals surface area contributed by atoms with Gasteiger partial charge in [0.1, 0.15) is 6.10 Å². The first-order chi connectivity index (χ1) is 17.5. The maximum absolute atomic E-state index is 12.6. The molecule has 8 nitrogen and oxygen atoms in total. The van der Waals surface area contributed by atoms with E-state index in [9.17, 15) is 14.4 Å². The Hall–Kier alpha value is -3.39. The number of carbonyl (C=O) groups is 3. The number of ether oxygens (including phenoxy) is 1. The molecule has 0 saturated carbocycles. The largest absolute Gasteiger partial charge is 0.446 e. The van der Waals surface area contributed by atoms with Gasteiger partial charge in [0.05, 0.1) is 18.8 Å². The quantitative estimate of drug-likeness (QED) is 0.575. The summed E-state index contributed by atoms with van der Waals surface area (Å²) in [6, 6.07) is 17.7. The lowest BCUT2D eigenvalue weighted by Gasteiger charge is -2.35. The van der Waals surface area contributed by atoms with Gasteiger partial charge in [-0.3, -0.25) is 14.9 Å². The maximum Gasteiger partial charge on any atom is 0.411 e. The summed E-state index contributed by atoms with van der Waals surface area (Å²) in [7, 11) is 0. The second-order valence-corrected chi connectivity index (χ2v) is 9.47. The van der Waals surface area contributed by atoms with Crippen molar-refractivity contribution in [2.75, 3.05) is 51.1 Å². The van der Waals surface area contributed by atoms with E-state index in [1.54, 1.807) is 9.80 Å². The van der Waals surface area contributed by atoms with E-state index in [1.165, 1.54) is 0 Å². The zero-order valence-corrected chi connectivity index (χ0v) is 21.0. The molecule has 4 rings (SSSR count). The fraction of sp³-hybridized carbons (Fsp3) is 0.464. The zero-order chi connectivity index (χ0) is 25.3. The molecular weight excluding hydrogens is 456 g/mol. The normalized spacial score (nSPS) is 17.4. The highest BCUT2D eigenvalue weighted by Gasteiger charge is 2.29. The number of likely N-dealkylation sites (tertiary alicyclic amines) is 1. The molecule has 2 fully saturated rings. The molecule has 8 heteroatoms. The maximum atomic E-state index is 12.6. The molecule has 1 N–H and O–H groups in total. The molecular formula is C28H36N4O4. The second kappa shape index (κ2) is 12.5. The van der Waals surface area contributed by atoms with Gasteiger partial charge in [0.2, 0.25) is 11.8 Å². The Kier molecular flexibility index (Phi) is 8.95. The highest BCUT2D eigenvalue weighted by atomic mass is 16.6. The summed E-state index contributed by atoms with van der Waals surface area (Å²) in [5.74, 6) is 0.0779. The molecule has 0 aliphatic carbocycles. The smallest absolute Gasteiger partial charge is 0.411 e. The van der Waals surface area contributed by atoms with E-state index in [2.05, 4.69) is 10.2 Å². The molecule has 2 saturated heterocycles. The van der Waals surface area contributed by atoms with Crippen molar-refractivity contribution >= 4 is 23.6 Å². The van der Waals surface area contributed by atoms with E-state index in [-0.39, 0.29) is 31.0 Å². The second-order valence-electron chi connectivity index (χ2n) is 9.47. The van der Waals surface area contributed by atoms with Gasteiger partial charge < -0.3 is 19.4 Å². The molecule has 0 radical (unpaired) electrons. The van der Waals surface area contributed by atoms with Crippen molar-refractivity contribution in [2.45, 2.75) is 38.7 Å². The standard InChI is InChI=1S/C28H36N4O4/c1-2-15-31-20-27(34)32(21-26(31)33)17-8-16-30-18-13-23(14-19-30)36-28(35)29-25-12-7-6-11-24(25)22-9-4-3-5-10-22/h3-7,9-12,23H,2,8,13-21H2,1H3,(H,29,35). The minimum Gasteiger partial charge on any atom is -0.446 e. The van der Waals surface area contributed by atoms with Crippen LogP contribution in [-0.4, -0.2) is 84.5 Å². The minimum atomic E-state index is -0.428. The van der Waals surface area contributed by atoms with E-state index in [1.807, 2.05) is 61.5 Å². The third kappa shape index (κ3) is 6.85. The van der Waals surface area contributed by atoms with Crippen molar-refractivity contribution in [1.82, 2.24) is 14.7 Å². The fourth-order valence-electron chi connectivity index (χ4n) is 4.87. The van der Waals surface area contributed by atoms with Crippen LogP contribution in [0.3, 0.4) is 0 Å². The Morgan fingerprint density at radius 1 is 0.889 bits per heavy atom. The van der Waals surface area contributed by atoms with Crippen molar-refractivity contribution < 1.29 is 19.1 Å². The predicted octanol–water partition coefficient (Wildman–Crippen LogP) is 3.84. The van der Waals surface area contributed by atoms with Gasteiger partial charge in [-0.15, -0.1) is 0 Å². The van der Waals surface area contributed by atoms with Gasteiger partial charge in [0.25, 0.3) is 0 Å². The molecule has 2 heterocycles. The number of para-hydroxylation sites is 1. The van der Waals surface area contributed by atoms with Crippen LogP contribution in [0.4, 0.5) is 10.5 Å². The van der Waals surface area contributed by atoms with Crippen molar-refractivity contribution in [3.05, 3.63) is 54.6 Å². The van der Waals surface area contributed by atoms with Crippen molar-refractivity contribution in [3.8, 4) is 11.1 Å². The Balaban J connectivity index is 1.17. The lowest BCUT2D eigenvalue weighted by Crippen LogP contribution is -2.54. The van der Waals surface area contributed by atoms with Gasteiger partial charge in [-0.25, -0.2) is 4.79 Å². The number of amides is 3. The number of anilines is 1. The van der Waals surface area contributed by atoms with E-state index in [0.717, 1.165) is 62.1 Å². The van der Waals surface area contributed by atoms with Crippen LogP contribution in [0.2, 0.25) is 0 Å². The third-order valence-corrected chi connectivity index (χ3v) is 6.81. The van der Waals surface area contributed by atoms with Crippen molar-refractivity contribution in [3.63, 3.8) is 0 Å². The number of piperidine rings is 1. The highest BCUT2D eigenvalue weighted by Crippen LogP contribution is 2.28. The van der Waals surface area contributed by atoms with Crippen LogP contribution in [0.15, 0.2) is 54.6 Å². The Morgan fingerprint density at radius 2 is 1.53 bits per heavy atom. The van der Waals surface area contributed by atoms with E-state index in [4.69, 9.17) is 4.74 Å². The summed E-state index contributed by atoms with van der Waals surface area (Å²) >= 11 is 0. The van der Waals surface area contributed by atoms with Gasteiger partial charge in [0, 0.05) is 31.7 Å². The van der Waals surface area contributed by atoms with Gasteiger partial charge in [-0.2, -0.15) is 0 Å². The number of piperazine rings is 1. The summed E-state index contributed by atoms with van der Waals surface area (Å²) in [5, 5.41) is 2.91. The van der Waals surface area contributed by atoms with E-state index in [0.29, 0.717) is 13.1 Å². The number of nitrogens with zero attached hydrogens (tertiary/aromatic N) is 3. The Morgan fingerprint density at radius 3 is 2.22 bits per heavy atom. The SMILES string of the molecule is CCCN1CC(=O)N(CCCN2CCC(OC(=O)Nc3ccccc3-c3ccccc3)CC2)CC1=O. The Labute approximate surface area is 213 Å². The molecule has 36 heavy (non-hydrogen) atoms. The van der Waals surface area contributed by atoms with E-state index >= 15 is 0 Å². The number of hydrogen-bond acceptors (Lipinski definition) is 5. The zero-order valence-electron chi connectivity index (χ0n) is 21.0. The molecule has 2 aliphatic heterocycles. The van der Waals surface area contributed by atoms with Gasteiger partial charge >= 0.3 is 6.09 Å². The highest BCUT2D eigenvalue weighted by molar-refractivity contribution is 5.92. The lowest BCUT2D eigenvalue weighted by atomic mass is 10.0. The average molecular weight is 493 g/mol. The van der Waals surface area contributed by atoms with E-state index < -0.39 is 6.09 Å². The first kappa shape index (κ1) is 25.7. The minimum absolute atomic E-state index is 0.0370. The summed E-state index contributed by atoms with van der Waals surface area (Å²) in [6.07, 6.45) is 2.70. The molecule has 0 spiro atoms. The molecule has 3 amide bonds.